The maximum atomic E-state index is 12.7. The molecule has 0 radical (unpaired) electrons. The van der Waals surface area contributed by atoms with Crippen molar-refractivity contribution in [2.45, 2.75) is 38.7 Å². The number of carboxylic acid groups (broad SMARTS) is 1. The smallest absolute Gasteiger partial charge is 0.336 e. The number of rotatable bonds is 6. The molecule has 27 heavy (non-hydrogen) atoms. The molecule has 0 aliphatic heterocycles. The number of methoxy groups -OCH3 is 1. The minimum absolute atomic E-state index is 0.0246. The van der Waals surface area contributed by atoms with Crippen LogP contribution in [-0.2, 0) is 0 Å². The van der Waals surface area contributed by atoms with E-state index < -0.39 is 11.9 Å². The van der Waals surface area contributed by atoms with E-state index in [-0.39, 0.29) is 17.2 Å². The molecule has 0 spiro atoms. The lowest BCUT2D eigenvalue weighted by molar-refractivity contribution is 0.0692. The van der Waals surface area contributed by atoms with Crippen molar-refractivity contribution in [3.63, 3.8) is 0 Å². The number of anilines is 1. The van der Waals surface area contributed by atoms with Crippen molar-refractivity contribution in [2.24, 2.45) is 0 Å². The molecule has 142 valence electrons. The summed E-state index contributed by atoms with van der Waals surface area (Å²) in [6, 6.07) is 9.91. The Morgan fingerprint density at radius 3 is 2.52 bits per heavy atom. The van der Waals surface area contributed by atoms with E-state index in [1.165, 1.54) is 6.07 Å². The summed E-state index contributed by atoms with van der Waals surface area (Å²) in [7, 11) is 1.57. The van der Waals surface area contributed by atoms with E-state index in [0.717, 1.165) is 25.7 Å². The Balaban J connectivity index is 1.85. The molecule has 1 amide bonds. The summed E-state index contributed by atoms with van der Waals surface area (Å²) in [5.74, 6) is -0.432. The number of carboxylic acids is 1. The van der Waals surface area contributed by atoms with Crippen LogP contribution in [0.3, 0.4) is 0 Å². The third kappa shape index (κ3) is 4.22. The third-order valence-electron chi connectivity index (χ3n) is 4.75. The molecule has 3 rings (SSSR count). The van der Waals surface area contributed by atoms with Gasteiger partial charge in [-0.3, -0.25) is 4.79 Å². The van der Waals surface area contributed by atoms with Crippen molar-refractivity contribution in [3.05, 3.63) is 53.1 Å². The Morgan fingerprint density at radius 2 is 1.85 bits per heavy atom. The molecule has 0 unspecified atom stereocenters. The Labute approximate surface area is 158 Å². The molecule has 2 N–H and O–H groups in total. The highest BCUT2D eigenvalue weighted by Gasteiger charge is 2.21. The molecule has 0 atom stereocenters. The lowest BCUT2D eigenvalue weighted by Crippen LogP contribution is -2.18. The summed E-state index contributed by atoms with van der Waals surface area (Å²) in [6.45, 7) is 1.71. The standard InChI is InChI=1S/C21H23NO5/c1-13-6-5-9-16(21(24)25)19(13)20(23)22-14-10-11-17(26-2)18(12-14)27-15-7-3-4-8-15/h5-6,9-12,15H,3-4,7-8H2,1-2H3,(H,22,23)(H,24,25). The summed E-state index contributed by atoms with van der Waals surface area (Å²) < 4.78 is 11.4. The van der Waals surface area contributed by atoms with Crippen LogP contribution in [0.15, 0.2) is 36.4 Å². The molecular formula is C21H23NO5. The summed E-state index contributed by atoms with van der Waals surface area (Å²) in [4.78, 5) is 24.2. The van der Waals surface area contributed by atoms with Gasteiger partial charge in [0.2, 0.25) is 0 Å². The average Bonchev–Trinajstić information content (AvgIpc) is 3.14. The van der Waals surface area contributed by atoms with E-state index in [9.17, 15) is 14.7 Å². The molecule has 0 aromatic heterocycles. The molecule has 1 fully saturated rings. The summed E-state index contributed by atoms with van der Waals surface area (Å²) in [6.07, 6.45) is 4.46. The number of hydrogen-bond donors (Lipinski definition) is 2. The van der Waals surface area contributed by atoms with Gasteiger partial charge in [0.05, 0.1) is 24.3 Å². The Hall–Kier alpha value is -3.02. The van der Waals surface area contributed by atoms with Crippen LogP contribution in [0.4, 0.5) is 5.69 Å². The molecule has 2 aromatic carbocycles. The van der Waals surface area contributed by atoms with Crippen LogP contribution in [0.25, 0.3) is 0 Å². The zero-order valence-electron chi connectivity index (χ0n) is 15.5. The zero-order chi connectivity index (χ0) is 19.4. The molecule has 0 saturated heterocycles. The van der Waals surface area contributed by atoms with Gasteiger partial charge >= 0.3 is 5.97 Å². The normalized spacial score (nSPS) is 14.0. The number of aryl methyl sites for hydroxylation is 1. The molecule has 6 heteroatoms. The summed E-state index contributed by atoms with van der Waals surface area (Å²) in [5.41, 5.74) is 1.25. The van der Waals surface area contributed by atoms with Gasteiger partial charge in [-0.25, -0.2) is 4.79 Å². The number of amides is 1. The highest BCUT2D eigenvalue weighted by Crippen LogP contribution is 2.34. The highest BCUT2D eigenvalue weighted by molar-refractivity contribution is 6.11. The minimum Gasteiger partial charge on any atom is -0.493 e. The molecule has 1 saturated carbocycles. The monoisotopic (exact) mass is 369 g/mol. The molecule has 1 aliphatic carbocycles. The SMILES string of the molecule is COc1ccc(NC(=O)c2c(C)cccc2C(=O)O)cc1OC1CCCC1. The van der Waals surface area contributed by atoms with Gasteiger partial charge in [0, 0.05) is 11.8 Å². The van der Waals surface area contributed by atoms with E-state index in [1.54, 1.807) is 44.4 Å². The second kappa shape index (κ2) is 8.12. The van der Waals surface area contributed by atoms with Crippen LogP contribution in [0.1, 0.15) is 52.0 Å². The van der Waals surface area contributed by atoms with Crippen molar-refractivity contribution in [1.82, 2.24) is 0 Å². The molecular weight excluding hydrogens is 346 g/mol. The van der Waals surface area contributed by atoms with Crippen LogP contribution in [0, 0.1) is 6.92 Å². The zero-order valence-corrected chi connectivity index (χ0v) is 15.5. The van der Waals surface area contributed by atoms with Gasteiger partial charge < -0.3 is 19.9 Å². The van der Waals surface area contributed by atoms with Crippen LogP contribution in [0.2, 0.25) is 0 Å². The first-order valence-corrected chi connectivity index (χ1v) is 8.98. The van der Waals surface area contributed by atoms with Gasteiger partial charge in [0.15, 0.2) is 11.5 Å². The summed E-state index contributed by atoms with van der Waals surface area (Å²) in [5, 5.41) is 12.1. The fourth-order valence-electron chi connectivity index (χ4n) is 3.37. The number of nitrogens with one attached hydrogen (secondary N) is 1. The van der Waals surface area contributed by atoms with Crippen molar-refractivity contribution in [3.8, 4) is 11.5 Å². The third-order valence-corrected chi connectivity index (χ3v) is 4.75. The van der Waals surface area contributed by atoms with Crippen LogP contribution >= 0.6 is 0 Å². The molecule has 1 aliphatic rings. The van der Waals surface area contributed by atoms with E-state index in [0.29, 0.717) is 22.7 Å². The summed E-state index contributed by atoms with van der Waals surface area (Å²) >= 11 is 0. The highest BCUT2D eigenvalue weighted by atomic mass is 16.5. The topological polar surface area (TPSA) is 84.9 Å². The van der Waals surface area contributed by atoms with Crippen LogP contribution in [-0.4, -0.2) is 30.2 Å². The number of benzene rings is 2. The van der Waals surface area contributed by atoms with E-state index in [4.69, 9.17) is 9.47 Å². The van der Waals surface area contributed by atoms with Gasteiger partial charge in [-0.2, -0.15) is 0 Å². The fraction of sp³-hybridized carbons (Fsp3) is 0.333. The van der Waals surface area contributed by atoms with Crippen LogP contribution < -0.4 is 14.8 Å². The number of ether oxygens (including phenoxy) is 2. The van der Waals surface area contributed by atoms with E-state index >= 15 is 0 Å². The number of aromatic carboxylic acids is 1. The predicted octanol–water partition coefficient (Wildman–Crippen LogP) is 4.28. The first-order chi connectivity index (χ1) is 13.0. The first kappa shape index (κ1) is 18.8. The quantitative estimate of drug-likeness (QED) is 0.794. The van der Waals surface area contributed by atoms with E-state index in [2.05, 4.69) is 5.32 Å². The van der Waals surface area contributed by atoms with Crippen molar-refractivity contribution in [2.75, 3.05) is 12.4 Å². The number of hydrogen-bond acceptors (Lipinski definition) is 4. The lowest BCUT2D eigenvalue weighted by atomic mass is 10.0. The van der Waals surface area contributed by atoms with Crippen molar-refractivity contribution < 1.29 is 24.2 Å². The van der Waals surface area contributed by atoms with Crippen molar-refractivity contribution in [1.29, 1.82) is 0 Å². The van der Waals surface area contributed by atoms with Gasteiger partial charge in [-0.15, -0.1) is 0 Å². The Kier molecular flexibility index (Phi) is 5.64. The largest absolute Gasteiger partial charge is 0.493 e. The van der Waals surface area contributed by atoms with E-state index in [1.807, 2.05) is 0 Å². The van der Waals surface area contributed by atoms with Gasteiger partial charge in [-0.1, -0.05) is 12.1 Å². The Morgan fingerprint density at radius 1 is 1.11 bits per heavy atom. The fourth-order valence-corrected chi connectivity index (χ4v) is 3.37. The van der Waals surface area contributed by atoms with Gasteiger partial charge in [0.25, 0.3) is 5.91 Å². The second-order valence-corrected chi connectivity index (χ2v) is 6.65. The predicted molar refractivity (Wildman–Crippen MR) is 102 cm³/mol. The number of carbonyl (C=O) groups is 2. The van der Waals surface area contributed by atoms with Gasteiger partial charge in [0.1, 0.15) is 0 Å². The molecule has 0 bridgehead atoms. The first-order valence-electron chi connectivity index (χ1n) is 8.98. The van der Waals surface area contributed by atoms with Crippen molar-refractivity contribution >= 4 is 17.6 Å². The number of carbonyl (C=O) groups excluding carboxylic acids is 1. The average molecular weight is 369 g/mol. The van der Waals surface area contributed by atoms with Gasteiger partial charge in [-0.05, 0) is 56.4 Å². The maximum Gasteiger partial charge on any atom is 0.336 e. The minimum atomic E-state index is -1.14. The molecule has 6 nitrogen and oxygen atoms in total. The molecule has 0 heterocycles. The molecule has 2 aromatic rings. The van der Waals surface area contributed by atoms with Crippen LogP contribution in [0.5, 0.6) is 11.5 Å². The Bertz CT molecular complexity index is 856. The lowest BCUT2D eigenvalue weighted by Gasteiger charge is -2.17. The maximum absolute atomic E-state index is 12.7. The second-order valence-electron chi connectivity index (χ2n) is 6.65.